The van der Waals surface area contributed by atoms with E-state index in [1.54, 1.807) is 0 Å². The average molecular weight is 248 g/mol. The van der Waals surface area contributed by atoms with Crippen LogP contribution in [0, 0.1) is 11.3 Å². The molecule has 0 aromatic carbocycles. The van der Waals surface area contributed by atoms with Gasteiger partial charge in [0.05, 0.1) is 0 Å². The van der Waals surface area contributed by atoms with Gasteiger partial charge in [0.2, 0.25) is 5.91 Å². The summed E-state index contributed by atoms with van der Waals surface area (Å²) in [4.78, 5) is 11.8. The zero-order valence-electron chi connectivity index (χ0n) is 11.1. The fourth-order valence-electron chi connectivity index (χ4n) is 1.75. The molecular weight excluding hydrogens is 222 g/mol. The Morgan fingerprint density at radius 3 is 2.25 bits per heavy atom. The molecule has 0 spiro atoms. The molecule has 1 atom stereocenters. The van der Waals surface area contributed by atoms with E-state index in [1.165, 1.54) is 0 Å². The van der Waals surface area contributed by atoms with Crippen molar-refractivity contribution in [1.82, 2.24) is 5.32 Å². The minimum absolute atomic E-state index is 0.0726. The van der Waals surface area contributed by atoms with Crippen molar-refractivity contribution in [3.63, 3.8) is 0 Å². The Balaban J connectivity index is 4.15. The quantitative estimate of drug-likeness (QED) is 0.653. The van der Waals surface area contributed by atoms with E-state index in [2.05, 4.69) is 26.1 Å². The van der Waals surface area contributed by atoms with Crippen LogP contribution in [0.15, 0.2) is 0 Å². The first-order chi connectivity index (χ1) is 7.55. The SMILES string of the molecule is CCCC(C)C(=O)NCC(CC)(CC)CCl. The zero-order valence-corrected chi connectivity index (χ0v) is 11.9. The normalized spacial score (nSPS) is 13.6. The van der Waals surface area contributed by atoms with Gasteiger partial charge in [-0.15, -0.1) is 11.6 Å². The third-order valence-corrected chi connectivity index (χ3v) is 4.16. The van der Waals surface area contributed by atoms with Gasteiger partial charge in [-0.3, -0.25) is 4.79 Å². The first-order valence-electron chi connectivity index (χ1n) is 6.38. The highest BCUT2D eigenvalue weighted by Gasteiger charge is 2.26. The predicted octanol–water partition coefficient (Wildman–Crippen LogP) is 3.58. The number of hydrogen-bond donors (Lipinski definition) is 1. The summed E-state index contributed by atoms with van der Waals surface area (Å²) in [6.45, 7) is 9.06. The largest absolute Gasteiger partial charge is 0.355 e. The lowest BCUT2D eigenvalue weighted by molar-refractivity contribution is -0.125. The first-order valence-corrected chi connectivity index (χ1v) is 6.92. The average Bonchev–Trinajstić information content (AvgIpc) is 2.31. The van der Waals surface area contributed by atoms with Gasteiger partial charge in [0.1, 0.15) is 0 Å². The van der Waals surface area contributed by atoms with Crippen molar-refractivity contribution in [2.24, 2.45) is 11.3 Å². The Labute approximate surface area is 105 Å². The van der Waals surface area contributed by atoms with E-state index >= 15 is 0 Å². The van der Waals surface area contributed by atoms with Crippen LogP contribution < -0.4 is 5.32 Å². The smallest absolute Gasteiger partial charge is 0.222 e. The van der Waals surface area contributed by atoms with Gasteiger partial charge in [-0.25, -0.2) is 0 Å². The number of nitrogens with one attached hydrogen (secondary N) is 1. The number of amides is 1. The molecule has 0 radical (unpaired) electrons. The summed E-state index contributed by atoms with van der Waals surface area (Å²) in [6.07, 6.45) is 4.03. The number of halogens is 1. The van der Waals surface area contributed by atoms with Crippen molar-refractivity contribution in [1.29, 1.82) is 0 Å². The van der Waals surface area contributed by atoms with Gasteiger partial charge >= 0.3 is 0 Å². The first kappa shape index (κ1) is 15.8. The van der Waals surface area contributed by atoms with Crippen molar-refractivity contribution in [3.8, 4) is 0 Å². The van der Waals surface area contributed by atoms with E-state index < -0.39 is 0 Å². The van der Waals surface area contributed by atoms with Crippen LogP contribution in [0.1, 0.15) is 53.4 Å². The third-order valence-electron chi connectivity index (χ3n) is 3.59. The summed E-state index contributed by atoms with van der Waals surface area (Å²) < 4.78 is 0. The number of hydrogen-bond acceptors (Lipinski definition) is 1. The monoisotopic (exact) mass is 247 g/mol. The van der Waals surface area contributed by atoms with Crippen LogP contribution in [0.3, 0.4) is 0 Å². The van der Waals surface area contributed by atoms with E-state index in [9.17, 15) is 4.79 Å². The molecule has 0 aromatic rings. The second-order valence-corrected chi connectivity index (χ2v) is 5.02. The molecule has 0 aliphatic carbocycles. The van der Waals surface area contributed by atoms with Crippen molar-refractivity contribution >= 4 is 17.5 Å². The van der Waals surface area contributed by atoms with Crippen molar-refractivity contribution < 1.29 is 4.79 Å². The van der Waals surface area contributed by atoms with Crippen LogP contribution in [0.25, 0.3) is 0 Å². The molecule has 0 aliphatic rings. The standard InChI is InChI=1S/C13H26ClNO/c1-5-8-11(4)12(16)15-10-13(6-2,7-3)9-14/h11H,5-10H2,1-4H3,(H,15,16). The fourth-order valence-corrected chi connectivity index (χ4v) is 2.22. The molecule has 96 valence electrons. The molecule has 0 heterocycles. The molecule has 0 bridgehead atoms. The van der Waals surface area contributed by atoms with Gasteiger partial charge in [0.15, 0.2) is 0 Å². The van der Waals surface area contributed by atoms with Crippen molar-refractivity contribution in [2.75, 3.05) is 12.4 Å². The van der Waals surface area contributed by atoms with Crippen LogP contribution in [0.2, 0.25) is 0 Å². The van der Waals surface area contributed by atoms with E-state index in [0.29, 0.717) is 12.4 Å². The molecule has 1 unspecified atom stereocenters. The molecule has 1 amide bonds. The Hall–Kier alpha value is -0.240. The van der Waals surface area contributed by atoms with Crippen LogP contribution in [-0.4, -0.2) is 18.3 Å². The highest BCUT2D eigenvalue weighted by atomic mass is 35.5. The lowest BCUT2D eigenvalue weighted by Gasteiger charge is -2.30. The maximum atomic E-state index is 11.8. The Bertz CT molecular complexity index is 194. The third kappa shape index (κ3) is 4.73. The van der Waals surface area contributed by atoms with Crippen LogP contribution >= 0.6 is 11.6 Å². The van der Waals surface area contributed by atoms with E-state index in [1.807, 2.05) is 6.92 Å². The number of rotatable bonds is 8. The lowest BCUT2D eigenvalue weighted by atomic mass is 9.84. The number of alkyl halides is 1. The summed E-state index contributed by atoms with van der Waals surface area (Å²) >= 11 is 6.00. The van der Waals surface area contributed by atoms with Gasteiger partial charge in [0, 0.05) is 23.8 Å². The van der Waals surface area contributed by atoms with Gasteiger partial charge in [-0.05, 0) is 19.3 Å². The summed E-state index contributed by atoms with van der Waals surface area (Å²) in [5, 5.41) is 3.04. The number of carbonyl (C=O) groups excluding carboxylic acids is 1. The van der Waals surface area contributed by atoms with E-state index in [0.717, 1.165) is 25.7 Å². The molecule has 0 fully saturated rings. The van der Waals surface area contributed by atoms with E-state index in [-0.39, 0.29) is 17.2 Å². The van der Waals surface area contributed by atoms with Crippen LogP contribution in [0.4, 0.5) is 0 Å². The Morgan fingerprint density at radius 1 is 1.31 bits per heavy atom. The minimum Gasteiger partial charge on any atom is -0.355 e. The lowest BCUT2D eigenvalue weighted by Crippen LogP contribution is -2.40. The van der Waals surface area contributed by atoms with Gasteiger partial charge in [-0.2, -0.15) is 0 Å². The Kier molecular flexibility index (Phi) is 7.82. The maximum absolute atomic E-state index is 11.8. The predicted molar refractivity (Wildman–Crippen MR) is 70.8 cm³/mol. The second kappa shape index (κ2) is 7.94. The molecule has 0 aromatic heterocycles. The van der Waals surface area contributed by atoms with Crippen LogP contribution in [0.5, 0.6) is 0 Å². The second-order valence-electron chi connectivity index (χ2n) is 4.75. The van der Waals surface area contributed by atoms with Crippen molar-refractivity contribution in [2.45, 2.75) is 53.4 Å². The molecule has 16 heavy (non-hydrogen) atoms. The zero-order chi connectivity index (χ0) is 12.6. The molecule has 3 heteroatoms. The van der Waals surface area contributed by atoms with Gasteiger partial charge in [0.25, 0.3) is 0 Å². The number of carbonyl (C=O) groups is 1. The highest BCUT2D eigenvalue weighted by molar-refractivity contribution is 6.18. The van der Waals surface area contributed by atoms with Crippen LogP contribution in [-0.2, 0) is 4.79 Å². The molecule has 2 nitrogen and oxygen atoms in total. The molecule has 0 aliphatic heterocycles. The molecule has 0 rings (SSSR count). The topological polar surface area (TPSA) is 29.1 Å². The summed E-state index contributed by atoms with van der Waals surface area (Å²) in [5.41, 5.74) is 0.0726. The fraction of sp³-hybridized carbons (Fsp3) is 0.923. The molecule has 0 saturated carbocycles. The Morgan fingerprint density at radius 2 is 1.88 bits per heavy atom. The van der Waals surface area contributed by atoms with Gasteiger partial charge in [-0.1, -0.05) is 34.1 Å². The molecule has 0 saturated heterocycles. The maximum Gasteiger partial charge on any atom is 0.222 e. The highest BCUT2D eigenvalue weighted by Crippen LogP contribution is 2.27. The van der Waals surface area contributed by atoms with Crippen molar-refractivity contribution in [3.05, 3.63) is 0 Å². The van der Waals surface area contributed by atoms with Gasteiger partial charge < -0.3 is 5.32 Å². The summed E-state index contributed by atoms with van der Waals surface area (Å²) in [5.74, 6) is 0.896. The summed E-state index contributed by atoms with van der Waals surface area (Å²) in [7, 11) is 0. The molecular formula is C13H26ClNO. The van der Waals surface area contributed by atoms with E-state index in [4.69, 9.17) is 11.6 Å². The summed E-state index contributed by atoms with van der Waals surface area (Å²) in [6, 6.07) is 0. The minimum atomic E-state index is 0.0726. The molecule has 1 N–H and O–H groups in total.